The SMILES string of the molecule is CCCCOc1c(-c2nccc3ccc(C(C)=CC(=O)OC)cc23)cc(C(C)C)cc1C(C)C. The van der Waals surface area contributed by atoms with E-state index in [2.05, 4.69) is 58.9 Å². The van der Waals surface area contributed by atoms with Crippen molar-refractivity contribution in [2.24, 2.45) is 0 Å². The molecule has 0 unspecified atom stereocenters. The number of allylic oxidation sites excluding steroid dienone is 1. The van der Waals surface area contributed by atoms with Gasteiger partial charge in [-0.1, -0.05) is 59.2 Å². The van der Waals surface area contributed by atoms with E-state index in [1.165, 1.54) is 24.3 Å². The van der Waals surface area contributed by atoms with E-state index in [1.807, 2.05) is 25.3 Å². The molecule has 0 saturated heterocycles. The summed E-state index contributed by atoms with van der Waals surface area (Å²) in [5.41, 5.74) is 6.24. The maximum atomic E-state index is 11.8. The smallest absolute Gasteiger partial charge is 0.330 e. The van der Waals surface area contributed by atoms with Gasteiger partial charge in [0.1, 0.15) is 5.75 Å². The predicted octanol–water partition coefficient (Wildman–Crippen LogP) is 7.90. The van der Waals surface area contributed by atoms with E-state index in [0.29, 0.717) is 18.4 Å². The summed E-state index contributed by atoms with van der Waals surface area (Å²) in [4.78, 5) is 16.6. The molecule has 3 rings (SSSR count). The van der Waals surface area contributed by atoms with Crippen LogP contribution in [0.1, 0.15) is 82.9 Å². The number of pyridine rings is 1. The van der Waals surface area contributed by atoms with Crippen LogP contribution in [-0.4, -0.2) is 24.7 Å². The lowest BCUT2D eigenvalue weighted by Gasteiger charge is -2.22. The molecule has 1 heterocycles. The second-order valence-corrected chi connectivity index (χ2v) is 9.44. The van der Waals surface area contributed by atoms with Gasteiger partial charge >= 0.3 is 5.97 Å². The van der Waals surface area contributed by atoms with Crippen LogP contribution in [0.25, 0.3) is 27.6 Å². The van der Waals surface area contributed by atoms with Crippen molar-refractivity contribution < 1.29 is 14.3 Å². The Bertz CT molecular complexity index is 1190. The molecule has 180 valence electrons. The van der Waals surface area contributed by atoms with Crippen molar-refractivity contribution >= 4 is 22.3 Å². The van der Waals surface area contributed by atoms with Crippen LogP contribution >= 0.6 is 0 Å². The molecule has 0 radical (unpaired) electrons. The third kappa shape index (κ3) is 5.67. The fraction of sp³-hybridized carbons (Fsp3) is 0.400. The van der Waals surface area contributed by atoms with Crippen LogP contribution in [-0.2, 0) is 9.53 Å². The van der Waals surface area contributed by atoms with E-state index < -0.39 is 0 Å². The predicted molar refractivity (Wildman–Crippen MR) is 141 cm³/mol. The first-order valence-corrected chi connectivity index (χ1v) is 12.2. The summed E-state index contributed by atoms with van der Waals surface area (Å²) in [6, 6.07) is 12.8. The number of fused-ring (bicyclic) bond motifs is 1. The summed E-state index contributed by atoms with van der Waals surface area (Å²) in [5, 5.41) is 2.13. The lowest BCUT2D eigenvalue weighted by Crippen LogP contribution is -2.05. The minimum absolute atomic E-state index is 0.324. The van der Waals surface area contributed by atoms with Crippen molar-refractivity contribution in [3.63, 3.8) is 0 Å². The minimum Gasteiger partial charge on any atom is -0.493 e. The van der Waals surface area contributed by atoms with Crippen molar-refractivity contribution in [3.05, 3.63) is 65.4 Å². The number of esters is 1. The first-order chi connectivity index (χ1) is 16.3. The summed E-state index contributed by atoms with van der Waals surface area (Å²) in [6.07, 6.45) is 5.47. The Morgan fingerprint density at radius 3 is 2.47 bits per heavy atom. The number of carbonyl (C=O) groups excluding carboxylic acids is 1. The molecule has 4 heteroatoms. The van der Waals surface area contributed by atoms with Crippen molar-refractivity contribution in [1.29, 1.82) is 0 Å². The number of rotatable bonds is 9. The lowest BCUT2D eigenvalue weighted by atomic mass is 9.89. The topological polar surface area (TPSA) is 48.4 Å². The average Bonchev–Trinajstić information content (AvgIpc) is 2.82. The Labute approximate surface area is 204 Å². The number of unbranched alkanes of at least 4 members (excludes halogenated alkanes) is 1. The second-order valence-electron chi connectivity index (χ2n) is 9.44. The average molecular weight is 460 g/mol. The molecule has 0 spiro atoms. The third-order valence-electron chi connectivity index (χ3n) is 6.19. The largest absolute Gasteiger partial charge is 0.493 e. The van der Waals surface area contributed by atoms with E-state index in [0.717, 1.165) is 51.8 Å². The van der Waals surface area contributed by atoms with Crippen LogP contribution in [0.2, 0.25) is 0 Å². The fourth-order valence-corrected chi connectivity index (χ4v) is 4.04. The van der Waals surface area contributed by atoms with Crippen molar-refractivity contribution in [3.8, 4) is 17.0 Å². The number of carbonyl (C=O) groups is 1. The molecule has 0 aliphatic carbocycles. The van der Waals surface area contributed by atoms with Crippen molar-refractivity contribution in [2.75, 3.05) is 13.7 Å². The molecule has 0 aliphatic rings. The Morgan fingerprint density at radius 2 is 1.82 bits per heavy atom. The van der Waals surface area contributed by atoms with E-state index in [4.69, 9.17) is 14.5 Å². The monoisotopic (exact) mass is 459 g/mol. The van der Waals surface area contributed by atoms with Crippen LogP contribution < -0.4 is 4.74 Å². The Kier molecular flexibility index (Phi) is 8.49. The molecule has 3 aromatic rings. The maximum absolute atomic E-state index is 11.8. The molecule has 1 aromatic heterocycles. The van der Waals surface area contributed by atoms with Crippen LogP contribution in [0, 0.1) is 0 Å². The highest BCUT2D eigenvalue weighted by molar-refractivity contribution is 5.99. The van der Waals surface area contributed by atoms with Gasteiger partial charge in [0.25, 0.3) is 0 Å². The fourth-order valence-electron chi connectivity index (χ4n) is 4.04. The summed E-state index contributed by atoms with van der Waals surface area (Å²) in [6.45, 7) is 13.6. The molecular weight excluding hydrogens is 422 g/mol. The molecule has 0 amide bonds. The Morgan fingerprint density at radius 1 is 1.06 bits per heavy atom. The van der Waals surface area contributed by atoms with Gasteiger partial charge in [0.2, 0.25) is 0 Å². The number of hydrogen-bond donors (Lipinski definition) is 0. The summed E-state index contributed by atoms with van der Waals surface area (Å²) in [5.74, 6) is 1.28. The highest BCUT2D eigenvalue weighted by Crippen LogP contribution is 2.41. The second kappa shape index (κ2) is 11.3. The van der Waals surface area contributed by atoms with E-state index in [9.17, 15) is 4.79 Å². The summed E-state index contributed by atoms with van der Waals surface area (Å²) in [7, 11) is 1.39. The molecular formula is C30H37NO3. The molecule has 0 saturated carbocycles. The Balaban J connectivity index is 2.29. The molecule has 0 atom stereocenters. The van der Waals surface area contributed by atoms with E-state index >= 15 is 0 Å². The third-order valence-corrected chi connectivity index (χ3v) is 6.19. The van der Waals surface area contributed by atoms with E-state index in [-0.39, 0.29) is 5.97 Å². The highest BCUT2D eigenvalue weighted by Gasteiger charge is 2.20. The first kappa shape index (κ1) is 25.5. The zero-order valence-electron chi connectivity index (χ0n) is 21.6. The molecule has 4 nitrogen and oxygen atoms in total. The normalized spacial score (nSPS) is 12.0. The van der Waals surface area contributed by atoms with Crippen molar-refractivity contribution in [1.82, 2.24) is 4.98 Å². The molecule has 0 fully saturated rings. The Hall–Kier alpha value is -3.14. The van der Waals surface area contributed by atoms with Gasteiger partial charge in [0, 0.05) is 23.2 Å². The van der Waals surface area contributed by atoms with Crippen LogP contribution in [0.15, 0.2) is 48.7 Å². The number of aromatic nitrogens is 1. The molecule has 2 aromatic carbocycles. The number of benzene rings is 2. The maximum Gasteiger partial charge on any atom is 0.330 e. The van der Waals surface area contributed by atoms with Gasteiger partial charge in [-0.05, 0) is 71.0 Å². The zero-order valence-corrected chi connectivity index (χ0v) is 21.6. The summed E-state index contributed by atoms with van der Waals surface area (Å²) >= 11 is 0. The van der Waals surface area contributed by atoms with Crippen molar-refractivity contribution in [2.45, 2.75) is 66.2 Å². The van der Waals surface area contributed by atoms with E-state index in [1.54, 1.807) is 0 Å². The van der Waals surface area contributed by atoms with Gasteiger partial charge in [-0.3, -0.25) is 4.98 Å². The highest BCUT2D eigenvalue weighted by atomic mass is 16.5. The van der Waals surface area contributed by atoms with Gasteiger partial charge in [0.15, 0.2) is 0 Å². The number of nitrogens with zero attached hydrogens (tertiary/aromatic N) is 1. The quantitative estimate of drug-likeness (QED) is 0.185. The molecule has 0 bridgehead atoms. The number of ether oxygens (including phenoxy) is 2. The van der Waals surface area contributed by atoms with Gasteiger partial charge in [0.05, 0.1) is 19.4 Å². The standard InChI is InChI=1S/C30H37NO3/c1-8-9-14-34-30-25(20(4)5)17-24(19(2)3)18-27(30)29-26-16-23(21(6)15-28(32)33-7)11-10-22(26)12-13-31-29/h10-13,15-20H,8-9,14H2,1-7H3. The number of methoxy groups -OCH3 is 1. The van der Waals surface area contributed by atoms with Gasteiger partial charge < -0.3 is 9.47 Å². The molecule has 0 aliphatic heterocycles. The van der Waals surface area contributed by atoms with Crippen LogP contribution in [0.3, 0.4) is 0 Å². The summed E-state index contributed by atoms with van der Waals surface area (Å²) < 4.78 is 11.3. The minimum atomic E-state index is -0.359. The van der Waals surface area contributed by atoms with Crippen LogP contribution in [0.5, 0.6) is 5.75 Å². The molecule has 34 heavy (non-hydrogen) atoms. The molecule has 0 N–H and O–H groups in total. The van der Waals surface area contributed by atoms with Crippen LogP contribution in [0.4, 0.5) is 0 Å². The van der Waals surface area contributed by atoms with Gasteiger partial charge in [-0.25, -0.2) is 4.79 Å². The first-order valence-electron chi connectivity index (χ1n) is 12.2. The number of hydrogen-bond acceptors (Lipinski definition) is 4. The van der Waals surface area contributed by atoms with Gasteiger partial charge in [-0.15, -0.1) is 0 Å². The zero-order chi connectivity index (χ0) is 24.8. The lowest BCUT2D eigenvalue weighted by molar-refractivity contribution is -0.134. The van der Waals surface area contributed by atoms with Gasteiger partial charge in [-0.2, -0.15) is 0 Å².